The molecular formula is C14H17NO. The van der Waals surface area contributed by atoms with Crippen LogP contribution >= 0.6 is 0 Å². The van der Waals surface area contributed by atoms with E-state index in [1.165, 1.54) is 5.56 Å². The predicted molar refractivity (Wildman–Crippen MR) is 65.8 cm³/mol. The zero-order valence-electron chi connectivity index (χ0n) is 9.38. The first-order chi connectivity index (χ1) is 7.88. The molecule has 16 heavy (non-hydrogen) atoms. The van der Waals surface area contributed by atoms with Crippen LogP contribution in [0.25, 0.3) is 6.08 Å². The molecule has 1 fully saturated rings. The molecule has 0 saturated carbocycles. The highest BCUT2D eigenvalue weighted by atomic mass is 16.1. The van der Waals surface area contributed by atoms with Gasteiger partial charge in [-0.25, -0.2) is 0 Å². The van der Waals surface area contributed by atoms with E-state index in [1.807, 2.05) is 11.0 Å². The Balaban J connectivity index is 1.87. The van der Waals surface area contributed by atoms with Crippen molar-refractivity contribution in [2.75, 3.05) is 13.1 Å². The zero-order chi connectivity index (χ0) is 11.2. The summed E-state index contributed by atoms with van der Waals surface area (Å²) >= 11 is 0. The first-order valence-corrected chi connectivity index (χ1v) is 5.81. The molecule has 0 radical (unpaired) electrons. The topological polar surface area (TPSA) is 20.3 Å². The molecule has 2 nitrogen and oxygen atoms in total. The van der Waals surface area contributed by atoms with Crippen LogP contribution in [-0.4, -0.2) is 24.4 Å². The fraction of sp³-hybridized carbons (Fsp3) is 0.357. The molecule has 2 heteroatoms. The maximum Gasteiger partial charge on any atom is 0.209 e. The van der Waals surface area contributed by atoms with E-state index >= 15 is 0 Å². The Labute approximate surface area is 96.6 Å². The third-order valence-electron chi connectivity index (χ3n) is 3.08. The van der Waals surface area contributed by atoms with Gasteiger partial charge in [-0.05, 0) is 24.3 Å². The summed E-state index contributed by atoms with van der Waals surface area (Å²) in [4.78, 5) is 12.4. The Bertz CT molecular complexity index is 350. The average Bonchev–Trinajstić information content (AvgIpc) is 2.38. The molecule has 1 aliphatic rings. The van der Waals surface area contributed by atoms with Gasteiger partial charge in [0.05, 0.1) is 0 Å². The predicted octanol–water partition coefficient (Wildman–Crippen LogP) is 2.57. The molecule has 1 aromatic carbocycles. The van der Waals surface area contributed by atoms with Gasteiger partial charge in [0.1, 0.15) is 0 Å². The lowest BCUT2D eigenvalue weighted by molar-refractivity contribution is -0.119. The van der Waals surface area contributed by atoms with E-state index < -0.39 is 0 Å². The molecule has 0 aromatic heterocycles. The van der Waals surface area contributed by atoms with Crippen molar-refractivity contribution in [2.24, 2.45) is 5.92 Å². The molecule has 84 valence electrons. The number of likely N-dealkylation sites (tertiary alicyclic amines) is 1. The zero-order valence-corrected chi connectivity index (χ0v) is 9.38. The van der Waals surface area contributed by atoms with Crippen LogP contribution in [0.15, 0.2) is 36.4 Å². The second-order valence-corrected chi connectivity index (χ2v) is 4.25. The molecule has 1 aliphatic heterocycles. The van der Waals surface area contributed by atoms with Crippen LogP contribution < -0.4 is 0 Å². The van der Waals surface area contributed by atoms with E-state index in [9.17, 15) is 4.79 Å². The maximum atomic E-state index is 10.6. The number of piperidine rings is 1. The smallest absolute Gasteiger partial charge is 0.209 e. The van der Waals surface area contributed by atoms with Crippen molar-refractivity contribution in [2.45, 2.75) is 12.8 Å². The SMILES string of the molecule is O=CN1CCC(C=Cc2ccccc2)CC1. The molecule has 0 aliphatic carbocycles. The fourth-order valence-corrected chi connectivity index (χ4v) is 2.03. The van der Waals surface area contributed by atoms with Gasteiger partial charge in [-0.1, -0.05) is 42.5 Å². The van der Waals surface area contributed by atoms with Crippen LogP contribution in [0.1, 0.15) is 18.4 Å². The van der Waals surface area contributed by atoms with Gasteiger partial charge < -0.3 is 4.90 Å². The minimum Gasteiger partial charge on any atom is -0.345 e. The summed E-state index contributed by atoms with van der Waals surface area (Å²) < 4.78 is 0. The highest BCUT2D eigenvalue weighted by Gasteiger charge is 2.14. The van der Waals surface area contributed by atoms with Crippen LogP contribution in [0.3, 0.4) is 0 Å². The third-order valence-corrected chi connectivity index (χ3v) is 3.08. The van der Waals surface area contributed by atoms with E-state index in [0.717, 1.165) is 32.3 Å². The monoisotopic (exact) mass is 215 g/mol. The molecule has 0 atom stereocenters. The average molecular weight is 215 g/mol. The molecule has 1 amide bonds. The number of carbonyl (C=O) groups is 1. The molecule has 1 aromatic rings. The Morgan fingerprint density at radius 1 is 1.12 bits per heavy atom. The fourth-order valence-electron chi connectivity index (χ4n) is 2.03. The van der Waals surface area contributed by atoms with Crippen LogP contribution in [0.4, 0.5) is 0 Å². The van der Waals surface area contributed by atoms with Gasteiger partial charge in [0, 0.05) is 13.1 Å². The summed E-state index contributed by atoms with van der Waals surface area (Å²) in [6.45, 7) is 1.79. The number of hydrogen-bond acceptors (Lipinski definition) is 1. The van der Waals surface area contributed by atoms with Crippen molar-refractivity contribution in [1.29, 1.82) is 0 Å². The van der Waals surface area contributed by atoms with E-state index in [1.54, 1.807) is 0 Å². The summed E-state index contributed by atoms with van der Waals surface area (Å²) in [6.07, 6.45) is 7.58. The van der Waals surface area contributed by atoms with Crippen molar-refractivity contribution in [1.82, 2.24) is 4.90 Å². The number of nitrogens with zero attached hydrogens (tertiary/aromatic N) is 1. The molecular weight excluding hydrogens is 198 g/mol. The molecule has 0 spiro atoms. The number of hydrogen-bond donors (Lipinski definition) is 0. The molecule has 0 bridgehead atoms. The summed E-state index contributed by atoms with van der Waals surface area (Å²) in [7, 11) is 0. The van der Waals surface area contributed by atoms with Crippen LogP contribution in [0, 0.1) is 5.92 Å². The summed E-state index contributed by atoms with van der Waals surface area (Å²) in [6, 6.07) is 10.3. The Hall–Kier alpha value is -1.57. The van der Waals surface area contributed by atoms with Gasteiger partial charge in [0.2, 0.25) is 6.41 Å². The number of allylic oxidation sites excluding steroid dienone is 1. The summed E-state index contributed by atoms with van der Waals surface area (Å²) in [5.74, 6) is 0.622. The van der Waals surface area contributed by atoms with E-state index in [0.29, 0.717) is 5.92 Å². The van der Waals surface area contributed by atoms with Crippen LogP contribution in [0.2, 0.25) is 0 Å². The van der Waals surface area contributed by atoms with Gasteiger partial charge in [-0.3, -0.25) is 4.79 Å². The maximum absolute atomic E-state index is 10.6. The quantitative estimate of drug-likeness (QED) is 0.710. The van der Waals surface area contributed by atoms with Gasteiger partial charge in [-0.2, -0.15) is 0 Å². The summed E-state index contributed by atoms with van der Waals surface area (Å²) in [5.41, 5.74) is 1.25. The van der Waals surface area contributed by atoms with Crippen molar-refractivity contribution >= 4 is 12.5 Å². The van der Waals surface area contributed by atoms with Crippen LogP contribution in [0.5, 0.6) is 0 Å². The van der Waals surface area contributed by atoms with Crippen molar-refractivity contribution < 1.29 is 4.79 Å². The van der Waals surface area contributed by atoms with E-state index in [-0.39, 0.29) is 0 Å². The minimum atomic E-state index is 0.622. The Morgan fingerprint density at radius 2 is 1.81 bits per heavy atom. The largest absolute Gasteiger partial charge is 0.345 e. The second kappa shape index (κ2) is 5.50. The third kappa shape index (κ3) is 2.96. The number of carbonyl (C=O) groups excluding carboxylic acids is 1. The second-order valence-electron chi connectivity index (χ2n) is 4.25. The summed E-state index contributed by atoms with van der Waals surface area (Å²) in [5, 5.41) is 0. The number of amides is 1. The minimum absolute atomic E-state index is 0.622. The van der Waals surface area contributed by atoms with E-state index in [4.69, 9.17) is 0 Å². The molecule has 1 heterocycles. The highest BCUT2D eigenvalue weighted by Crippen LogP contribution is 2.18. The lowest BCUT2D eigenvalue weighted by Crippen LogP contribution is -2.31. The molecule has 0 unspecified atom stereocenters. The van der Waals surface area contributed by atoms with Gasteiger partial charge in [-0.15, -0.1) is 0 Å². The first-order valence-electron chi connectivity index (χ1n) is 5.81. The van der Waals surface area contributed by atoms with Gasteiger partial charge >= 0.3 is 0 Å². The number of rotatable bonds is 3. The van der Waals surface area contributed by atoms with Gasteiger partial charge in [0.15, 0.2) is 0 Å². The Morgan fingerprint density at radius 3 is 2.44 bits per heavy atom. The van der Waals surface area contributed by atoms with Gasteiger partial charge in [0.25, 0.3) is 0 Å². The molecule has 1 saturated heterocycles. The normalized spacial score (nSPS) is 17.9. The van der Waals surface area contributed by atoms with Crippen molar-refractivity contribution in [3.05, 3.63) is 42.0 Å². The lowest BCUT2D eigenvalue weighted by atomic mass is 9.96. The standard InChI is InChI=1S/C14H17NO/c16-12-15-10-8-14(9-11-15)7-6-13-4-2-1-3-5-13/h1-7,12,14H,8-11H2. The van der Waals surface area contributed by atoms with Crippen molar-refractivity contribution in [3.8, 4) is 0 Å². The highest BCUT2D eigenvalue weighted by molar-refractivity contribution is 5.49. The number of benzene rings is 1. The molecule has 0 N–H and O–H groups in total. The van der Waals surface area contributed by atoms with Crippen LogP contribution in [-0.2, 0) is 4.79 Å². The Kier molecular flexibility index (Phi) is 3.76. The van der Waals surface area contributed by atoms with E-state index in [2.05, 4.69) is 36.4 Å². The lowest BCUT2D eigenvalue weighted by Gasteiger charge is -2.27. The molecule has 2 rings (SSSR count). The van der Waals surface area contributed by atoms with Crippen molar-refractivity contribution in [3.63, 3.8) is 0 Å². The first kappa shape index (κ1) is 10.9.